The van der Waals surface area contributed by atoms with Crippen molar-refractivity contribution in [2.75, 3.05) is 26.3 Å². The zero-order valence-electron chi connectivity index (χ0n) is 11.9. The third-order valence-corrected chi connectivity index (χ3v) is 3.39. The lowest BCUT2D eigenvalue weighted by Gasteiger charge is -2.20. The summed E-state index contributed by atoms with van der Waals surface area (Å²) < 4.78 is 11.0. The summed E-state index contributed by atoms with van der Waals surface area (Å²) in [5.74, 6) is -0.320. The van der Waals surface area contributed by atoms with Crippen LogP contribution in [0.4, 0.5) is 0 Å². The van der Waals surface area contributed by atoms with Gasteiger partial charge in [0, 0.05) is 11.0 Å². The van der Waals surface area contributed by atoms with E-state index >= 15 is 0 Å². The minimum atomic E-state index is -0.436. The van der Waals surface area contributed by atoms with Gasteiger partial charge in [-0.15, -0.1) is 0 Å². The highest BCUT2D eigenvalue weighted by Gasteiger charge is 2.17. The van der Waals surface area contributed by atoms with E-state index in [2.05, 4.69) is 15.9 Å². The predicted octanol–water partition coefficient (Wildman–Crippen LogP) is 2.89. The van der Waals surface area contributed by atoms with Crippen LogP contribution in [0, 0.1) is 0 Å². The van der Waals surface area contributed by atoms with Gasteiger partial charge >= 0.3 is 5.97 Å². The smallest absolute Gasteiger partial charge is 0.325 e. The molecule has 0 radical (unpaired) electrons. The normalized spacial score (nSPS) is 10.1. The Kier molecular flexibility index (Phi) is 7.53. The molecule has 0 heterocycles. The third-order valence-electron chi connectivity index (χ3n) is 2.60. The molecule has 7 heteroatoms. The fourth-order valence-corrected chi connectivity index (χ4v) is 2.29. The second-order valence-electron chi connectivity index (χ2n) is 4.08. The number of amides is 1. The topological polar surface area (TPSA) is 55.8 Å². The van der Waals surface area contributed by atoms with Crippen LogP contribution in [0.25, 0.3) is 0 Å². The number of halogens is 2. The maximum atomic E-state index is 12.0. The van der Waals surface area contributed by atoms with Gasteiger partial charge in [0.1, 0.15) is 12.3 Å². The van der Waals surface area contributed by atoms with Crippen molar-refractivity contribution < 1.29 is 19.1 Å². The molecule has 0 spiro atoms. The number of hydrogen-bond acceptors (Lipinski definition) is 4. The van der Waals surface area contributed by atoms with Crippen LogP contribution in [0.1, 0.15) is 13.8 Å². The number of carbonyl (C=O) groups is 2. The quantitative estimate of drug-likeness (QED) is 0.685. The Balaban J connectivity index is 2.56. The maximum absolute atomic E-state index is 12.0. The van der Waals surface area contributed by atoms with Gasteiger partial charge in [0.05, 0.1) is 11.6 Å². The number of likely N-dealkylation sites (N-methyl/N-ethyl adjacent to an activating group) is 1. The first kappa shape index (κ1) is 17.8. The lowest BCUT2D eigenvalue weighted by atomic mass is 10.3. The minimum Gasteiger partial charge on any atom is -0.482 e. The van der Waals surface area contributed by atoms with Crippen LogP contribution in [0.5, 0.6) is 5.75 Å². The molecule has 0 fully saturated rings. The highest BCUT2D eigenvalue weighted by Crippen LogP contribution is 2.27. The van der Waals surface area contributed by atoms with Crippen LogP contribution < -0.4 is 4.74 Å². The number of carbonyl (C=O) groups excluding carboxylic acids is 2. The molecule has 1 amide bonds. The molecular formula is C14H17BrClNO4. The zero-order valence-corrected chi connectivity index (χ0v) is 14.2. The molecule has 0 aromatic heterocycles. The van der Waals surface area contributed by atoms with E-state index in [0.717, 1.165) is 4.47 Å². The largest absolute Gasteiger partial charge is 0.482 e. The van der Waals surface area contributed by atoms with Crippen LogP contribution in [0.15, 0.2) is 22.7 Å². The Hall–Kier alpha value is -1.27. The third kappa shape index (κ3) is 5.93. The molecule has 0 unspecified atom stereocenters. The van der Waals surface area contributed by atoms with Gasteiger partial charge < -0.3 is 14.4 Å². The van der Waals surface area contributed by atoms with E-state index in [1.54, 1.807) is 32.0 Å². The molecule has 0 aliphatic heterocycles. The van der Waals surface area contributed by atoms with Gasteiger partial charge in [0.25, 0.3) is 5.91 Å². The summed E-state index contributed by atoms with van der Waals surface area (Å²) in [5.41, 5.74) is 0. The molecule has 0 N–H and O–H groups in total. The average molecular weight is 379 g/mol. The summed E-state index contributed by atoms with van der Waals surface area (Å²) in [6, 6.07) is 5.11. The lowest BCUT2D eigenvalue weighted by Crippen LogP contribution is -2.39. The van der Waals surface area contributed by atoms with Crippen molar-refractivity contribution in [2.45, 2.75) is 13.8 Å². The number of rotatable bonds is 7. The molecule has 21 heavy (non-hydrogen) atoms. The Labute approximate surface area is 137 Å². The molecule has 116 valence electrons. The molecule has 0 saturated heterocycles. The molecular weight excluding hydrogens is 362 g/mol. The Morgan fingerprint density at radius 1 is 1.33 bits per heavy atom. The number of hydrogen-bond donors (Lipinski definition) is 0. The van der Waals surface area contributed by atoms with Crippen LogP contribution in [0.3, 0.4) is 0 Å². The second kappa shape index (κ2) is 8.89. The van der Waals surface area contributed by atoms with Crippen molar-refractivity contribution in [3.8, 4) is 5.75 Å². The van der Waals surface area contributed by atoms with Crippen molar-refractivity contribution in [1.29, 1.82) is 0 Å². The van der Waals surface area contributed by atoms with Crippen molar-refractivity contribution in [3.05, 3.63) is 27.7 Å². The van der Waals surface area contributed by atoms with Gasteiger partial charge in [0.15, 0.2) is 6.61 Å². The molecule has 0 aliphatic carbocycles. The lowest BCUT2D eigenvalue weighted by molar-refractivity contribution is -0.149. The van der Waals surface area contributed by atoms with E-state index in [1.165, 1.54) is 4.90 Å². The first-order valence-corrected chi connectivity index (χ1v) is 7.66. The molecule has 1 aromatic carbocycles. The maximum Gasteiger partial charge on any atom is 0.325 e. The standard InChI is InChI=1S/C14H17BrClNO4/c1-3-17(8-14(19)20-4-2)13(18)9-21-12-6-5-10(15)7-11(12)16/h5-7H,3-4,8-9H2,1-2H3. The minimum absolute atomic E-state index is 0.0827. The highest BCUT2D eigenvalue weighted by atomic mass is 79.9. The monoisotopic (exact) mass is 377 g/mol. The van der Waals surface area contributed by atoms with Crippen LogP contribution in [0.2, 0.25) is 5.02 Å². The SMILES string of the molecule is CCOC(=O)CN(CC)C(=O)COc1ccc(Br)cc1Cl. The van der Waals surface area contributed by atoms with Gasteiger partial charge in [0.2, 0.25) is 0 Å². The number of ether oxygens (including phenoxy) is 2. The molecule has 0 atom stereocenters. The van der Waals surface area contributed by atoms with Crippen molar-refractivity contribution >= 4 is 39.4 Å². The van der Waals surface area contributed by atoms with Crippen molar-refractivity contribution in [3.63, 3.8) is 0 Å². The summed E-state index contributed by atoms with van der Waals surface area (Å²) in [6.07, 6.45) is 0. The average Bonchev–Trinajstić information content (AvgIpc) is 2.43. The van der Waals surface area contributed by atoms with E-state index in [4.69, 9.17) is 21.1 Å². The molecule has 1 aromatic rings. The fourth-order valence-electron chi connectivity index (χ4n) is 1.56. The van der Waals surface area contributed by atoms with Crippen LogP contribution in [-0.4, -0.2) is 43.1 Å². The number of nitrogens with zero attached hydrogens (tertiary/aromatic N) is 1. The van der Waals surface area contributed by atoms with E-state index in [0.29, 0.717) is 17.3 Å². The van der Waals surface area contributed by atoms with Crippen molar-refractivity contribution in [2.24, 2.45) is 0 Å². The molecule has 1 rings (SSSR count). The molecule has 0 bridgehead atoms. The summed E-state index contributed by atoms with van der Waals surface area (Å²) in [7, 11) is 0. The first-order valence-electron chi connectivity index (χ1n) is 6.49. The van der Waals surface area contributed by atoms with Gasteiger partial charge in [-0.3, -0.25) is 9.59 Å². The van der Waals surface area contributed by atoms with E-state index < -0.39 is 5.97 Å². The molecule has 0 saturated carbocycles. The van der Waals surface area contributed by atoms with Gasteiger partial charge in [-0.1, -0.05) is 27.5 Å². The van der Waals surface area contributed by atoms with Gasteiger partial charge in [-0.25, -0.2) is 0 Å². The first-order chi connectivity index (χ1) is 9.97. The van der Waals surface area contributed by atoms with E-state index in [1.807, 2.05) is 0 Å². The Morgan fingerprint density at radius 2 is 2.05 bits per heavy atom. The zero-order chi connectivity index (χ0) is 15.8. The number of benzene rings is 1. The Morgan fingerprint density at radius 3 is 2.62 bits per heavy atom. The number of esters is 1. The van der Waals surface area contributed by atoms with Gasteiger partial charge in [-0.2, -0.15) is 0 Å². The highest BCUT2D eigenvalue weighted by molar-refractivity contribution is 9.10. The molecule has 0 aliphatic rings. The predicted molar refractivity (Wildman–Crippen MR) is 83.5 cm³/mol. The summed E-state index contributed by atoms with van der Waals surface area (Å²) in [4.78, 5) is 24.8. The van der Waals surface area contributed by atoms with Crippen LogP contribution >= 0.6 is 27.5 Å². The van der Waals surface area contributed by atoms with E-state index in [9.17, 15) is 9.59 Å². The van der Waals surface area contributed by atoms with Gasteiger partial charge in [-0.05, 0) is 32.0 Å². The fraction of sp³-hybridized carbons (Fsp3) is 0.429. The second-order valence-corrected chi connectivity index (χ2v) is 5.40. The van der Waals surface area contributed by atoms with Crippen LogP contribution in [-0.2, 0) is 14.3 Å². The summed E-state index contributed by atoms with van der Waals surface area (Å²) in [6.45, 7) is 3.91. The Bertz CT molecular complexity index is 510. The van der Waals surface area contributed by atoms with E-state index in [-0.39, 0.29) is 25.7 Å². The summed E-state index contributed by atoms with van der Waals surface area (Å²) >= 11 is 9.28. The molecule has 5 nitrogen and oxygen atoms in total. The van der Waals surface area contributed by atoms with Crippen molar-refractivity contribution in [1.82, 2.24) is 4.90 Å². The summed E-state index contributed by atoms with van der Waals surface area (Å²) in [5, 5.41) is 0.408.